The SMILES string of the molecule is CC[C@H]1CCc2sc(C(=O)O[C@H](C)C(=O)N[C@@H]3CCS(=O)(=O)C3)cc2C1. The number of hydrogen-bond acceptors (Lipinski definition) is 6. The molecule has 0 bridgehead atoms. The molecule has 6 nitrogen and oxygen atoms in total. The summed E-state index contributed by atoms with van der Waals surface area (Å²) in [5.41, 5.74) is 1.23. The molecule has 2 heterocycles. The van der Waals surface area contributed by atoms with Crippen LogP contribution in [0.5, 0.6) is 0 Å². The highest BCUT2D eigenvalue weighted by atomic mass is 32.2. The van der Waals surface area contributed by atoms with Crippen molar-refractivity contribution in [1.29, 1.82) is 0 Å². The minimum absolute atomic E-state index is 0.0460. The predicted molar refractivity (Wildman–Crippen MR) is 100 cm³/mol. The molecule has 3 rings (SSSR count). The zero-order valence-electron chi connectivity index (χ0n) is 15.1. The zero-order chi connectivity index (χ0) is 18.9. The molecule has 2 aliphatic rings. The van der Waals surface area contributed by atoms with Crippen LogP contribution in [0.3, 0.4) is 0 Å². The van der Waals surface area contributed by atoms with E-state index in [2.05, 4.69) is 12.2 Å². The van der Waals surface area contributed by atoms with Crippen LogP contribution in [-0.2, 0) is 32.2 Å². The average Bonchev–Trinajstić information content (AvgIpc) is 3.16. The van der Waals surface area contributed by atoms with E-state index < -0.39 is 33.9 Å². The van der Waals surface area contributed by atoms with Crippen molar-refractivity contribution in [2.75, 3.05) is 11.5 Å². The molecule has 1 fully saturated rings. The van der Waals surface area contributed by atoms with E-state index in [1.807, 2.05) is 6.07 Å². The number of aryl methyl sites for hydroxylation is 1. The maximum atomic E-state index is 12.4. The highest BCUT2D eigenvalue weighted by Gasteiger charge is 2.31. The molecule has 1 aliphatic heterocycles. The number of esters is 1. The van der Waals surface area contributed by atoms with Crippen molar-refractivity contribution in [2.24, 2.45) is 5.92 Å². The van der Waals surface area contributed by atoms with Crippen LogP contribution in [0.2, 0.25) is 0 Å². The van der Waals surface area contributed by atoms with Crippen LogP contribution < -0.4 is 5.32 Å². The number of hydrogen-bond donors (Lipinski definition) is 1. The van der Waals surface area contributed by atoms with Gasteiger partial charge in [-0.2, -0.15) is 0 Å². The molecular formula is C18H25NO5S2. The normalized spacial score (nSPS) is 25.3. The van der Waals surface area contributed by atoms with Gasteiger partial charge in [-0.25, -0.2) is 13.2 Å². The molecule has 1 saturated heterocycles. The summed E-state index contributed by atoms with van der Waals surface area (Å²) in [4.78, 5) is 26.3. The van der Waals surface area contributed by atoms with Crippen molar-refractivity contribution < 1.29 is 22.7 Å². The standard InChI is InChI=1S/C18H25NO5S2/c1-3-12-4-5-15-13(8-12)9-16(25-15)18(21)24-11(2)17(20)19-14-6-7-26(22,23)10-14/h9,11-12,14H,3-8,10H2,1-2H3,(H,19,20)/t11-,12+,14-/m1/s1. The van der Waals surface area contributed by atoms with Crippen LogP contribution in [-0.4, -0.2) is 43.9 Å². The highest BCUT2D eigenvalue weighted by Crippen LogP contribution is 2.33. The molecule has 0 spiro atoms. The second-order valence-electron chi connectivity index (χ2n) is 7.23. The lowest BCUT2D eigenvalue weighted by Crippen LogP contribution is -2.42. The molecule has 0 radical (unpaired) electrons. The Bertz CT molecular complexity index is 799. The van der Waals surface area contributed by atoms with Gasteiger partial charge in [-0.05, 0) is 50.2 Å². The fourth-order valence-electron chi connectivity index (χ4n) is 3.55. The summed E-state index contributed by atoms with van der Waals surface area (Å²) in [5.74, 6) is -0.221. The molecule has 3 atom stereocenters. The van der Waals surface area contributed by atoms with Gasteiger partial charge in [-0.1, -0.05) is 13.3 Å². The van der Waals surface area contributed by atoms with Crippen LogP contribution >= 0.6 is 11.3 Å². The summed E-state index contributed by atoms with van der Waals surface area (Å²) < 4.78 is 28.2. The Labute approximate surface area is 158 Å². The zero-order valence-corrected chi connectivity index (χ0v) is 16.7. The average molecular weight is 400 g/mol. The Morgan fingerprint density at radius 1 is 1.38 bits per heavy atom. The number of nitrogens with one attached hydrogen (secondary N) is 1. The van der Waals surface area contributed by atoms with Gasteiger partial charge >= 0.3 is 5.97 Å². The number of ether oxygens (including phenoxy) is 1. The van der Waals surface area contributed by atoms with E-state index >= 15 is 0 Å². The second-order valence-corrected chi connectivity index (χ2v) is 10.6. The number of thiophene rings is 1. The number of carbonyl (C=O) groups is 2. The first-order chi connectivity index (χ1) is 12.3. The molecule has 0 saturated carbocycles. The van der Waals surface area contributed by atoms with Gasteiger partial charge in [0.15, 0.2) is 15.9 Å². The van der Waals surface area contributed by atoms with E-state index in [1.165, 1.54) is 28.7 Å². The lowest BCUT2D eigenvalue weighted by Gasteiger charge is -2.19. The van der Waals surface area contributed by atoms with Crippen molar-refractivity contribution in [3.05, 3.63) is 21.4 Å². The van der Waals surface area contributed by atoms with Crippen molar-refractivity contribution in [3.8, 4) is 0 Å². The summed E-state index contributed by atoms with van der Waals surface area (Å²) >= 11 is 1.46. The molecule has 26 heavy (non-hydrogen) atoms. The van der Waals surface area contributed by atoms with Crippen LogP contribution in [0.1, 0.15) is 53.2 Å². The third-order valence-corrected chi connectivity index (χ3v) is 8.18. The summed E-state index contributed by atoms with van der Waals surface area (Å²) in [7, 11) is -3.06. The fraction of sp³-hybridized carbons (Fsp3) is 0.667. The summed E-state index contributed by atoms with van der Waals surface area (Å²) in [5, 5.41) is 2.66. The van der Waals surface area contributed by atoms with Crippen LogP contribution in [0.15, 0.2) is 6.07 Å². The quantitative estimate of drug-likeness (QED) is 0.766. The van der Waals surface area contributed by atoms with E-state index in [4.69, 9.17) is 4.74 Å². The number of carbonyl (C=O) groups excluding carboxylic acids is 2. The molecule has 8 heteroatoms. The third kappa shape index (κ3) is 4.46. The lowest BCUT2D eigenvalue weighted by atomic mass is 9.87. The van der Waals surface area contributed by atoms with Gasteiger partial charge in [0, 0.05) is 10.9 Å². The van der Waals surface area contributed by atoms with Gasteiger partial charge in [-0.15, -0.1) is 11.3 Å². The topological polar surface area (TPSA) is 89.5 Å². The number of fused-ring (bicyclic) bond motifs is 1. The van der Waals surface area contributed by atoms with Gasteiger partial charge in [0.05, 0.1) is 11.5 Å². The summed E-state index contributed by atoms with van der Waals surface area (Å²) in [6.45, 7) is 3.70. The molecule has 1 aliphatic carbocycles. The fourth-order valence-corrected chi connectivity index (χ4v) is 6.31. The lowest BCUT2D eigenvalue weighted by molar-refractivity contribution is -0.129. The molecule has 1 amide bonds. The smallest absolute Gasteiger partial charge is 0.349 e. The largest absolute Gasteiger partial charge is 0.448 e. The highest BCUT2D eigenvalue weighted by molar-refractivity contribution is 7.91. The monoisotopic (exact) mass is 399 g/mol. The van der Waals surface area contributed by atoms with E-state index in [1.54, 1.807) is 0 Å². The first-order valence-corrected chi connectivity index (χ1v) is 11.7. The number of sulfone groups is 1. The molecule has 0 unspecified atom stereocenters. The minimum Gasteiger partial charge on any atom is -0.448 e. The molecule has 1 N–H and O–H groups in total. The number of rotatable bonds is 5. The Morgan fingerprint density at radius 2 is 2.15 bits per heavy atom. The van der Waals surface area contributed by atoms with Gasteiger partial charge in [0.1, 0.15) is 4.88 Å². The Balaban J connectivity index is 1.56. The maximum absolute atomic E-state index is 12.4. The minimum atomic E-state index is -3.06. The molecule has 0 aromatic carbocycles. The second kappa shape index (κ2) is 7.68. The van der Waals surface area contributed by atoms with E-state index in [0.717, 1.165) is 25.7 Å². The van der Waals surface area contributed by atoms with Gasteiger partial charge in [0.2, 0.25) is 0 Å². The van der Waals surface area contributed by atoms with Crippen molar-refractivity contribution >= 4 is 33.1 Å². The summed E-state index contributed by atoms with van der Waals surface area (Å²) in [6.07, 6.45) is 3.75. The first kappa shape index (κ1) is 19.4. The number of amides is 1. The van der Waals surface area contributed by atoms with Crippen molar-refractivity contribution in [3.63, 3.8) is 0 Å². The Morgan fingerprint density at radius 3 is 2.81 bits per heavy atom. The van der Waals surface area contributed by atoms with E-state index in [9.17, 15) is 18.0 Å². The summed E-state index contributed by atoms with van der Waals surface area (Å²) in [6, 6.07) is 1.51. The van der Waals surface area contributed by atoms with Crippen LogP contribution in [0.25, 0.3) is 0 Å². The molecule has 144 valence electrons. The predicted octanol–water partition coefficient (Wildman–Crippen LogP) is 2.11. The van der Waals surface area contributed by atoms with E-state index in [0.29, 0.717) is 17.2 Å². The van der Waals surface area contributed by atoms with Gasteiger partial charge in [0.25, 0.3) is 5.91 Å². The van der Waals surface area contributed by atoms with Crippen LogP contribution in [0, 0.1) is 5.92 Å². The molecule has 1 aromatic rings. The maximum Gasteiger partial charge on any atom is 0.349 e. The Kier molecular flexibility index (Phi) is 5.72. The Hall–Kier alpha value is -1.41. The van der Waals surface area contributed by atoms with Crippen molar-refractivity contribution in [2.45, 2.75) is 58.1 Å². The molecule has 1 aromatic heterocycles. The van der Waals surface area contributed by atoms with Gasteiger partial charge < -0.3 is 10.1 Å². The van der Waals surface area contributed by atoms with Crippen LogP contribution in [0.4, 0.5) is 0 Å². The third-order valence-electron chi connectivity index (χ3n) is 5.20. The van der Waals surface area contributed by atoms with Gasteiger partial charge in [-0.3, -0.25) is 4.79 Å². The molecular weight excluding hydrogens is 374 g/mol. The van der Waals surface area contributed by atoms with Crippen molar-refractivity contribution in [1.82, 2.24) is 5.32 Å². The first-order valence-electron chi connectivity index (χ1n) is 9.10. The van der Waals surface area contributed by atoms with E-state index in [-0.39, 0.29) is 11.5 Å².